The summed E-state index contributed by atoms with van der Waals surface area (Å²) >= 11 is 0. The van der Waals surface area contributed by atoms with Crippen LogP contribution in [0.1, 0.15) is 41.7 Å². The lowest BCUT2D eigenvalue weighted by Crippen LogP contribution is -2.40. The molecule has 0 radical (unpaired) electrons. The largest absolute Gasteiger partial charge is 0.434 e. The third kappa shape index (κ3) is 5.27. The molecule has 0 saturated heterocycles. The van der Waals surface area contributed by atoms with E-state index in [1.165, 1.54) is 12.1 Å². The normalized spacial score (nSPS) is 17.8. The summed E-state index contributed by atoms with van der Waals surface area (Å²) in [6.07, 6.45) is -1.09. The molecule has 1 saturated carbocycles. The molecular formula is C27H28F3N7O. The van der Waals surface area contributed by atoms with E-state index in [4.69, 9.17) is 0 Å². The van der Waals surface area contributed by atoms with Crippen LogP contribution >= 0.6 is 0 Å². The van der Waals surface area contributed by atoms with Gasteiger partial charge < -0.3 is 15.5 Å². The fourth-order valence-electron chi connectivity index (χ4n) is 4.85. The van der Waals surface area contributed by atoms with Crippen molar-refractivity contribution in [3.05, 3.63) is 72.1 Å². The van der Waals surface area contributed by atoms with Crippen molar-refractivity contribution in [3.8, 4) is 5.69 Å². The van der Waals surface area contributed by atoms with Gasteiger partial charge in [0.15, 0.2) is 5.69 Å². The van der Waals surface area contributed by atoms with E-state index in [1.807, 2.05) is 43.3 Å². The van der Waals surface area contributed by atoms with E-state index < -0.39 is 23.3 Å². The van der Waals surface area contributed by atoms with E-state index in [1.54, 1.807) is 18.2 Å². The van der Waals surface area contributed by atoms with Gasteiger partial charge in [-0.05, 0) is 49.9 Å². The molecule has 11 heteroatoms. The molecule has 198 valence electrons. The summed E-state index contributed by atoms with van der Waals surface area (Å²) in [5.74, 6) is 0.572. The van der Waals surface area contributed by atoms with Gasteiger partial charge in [0.05, 0.1) is 23.0 Å². The summed E-state index contributed by atoms with van der Waals surface area (Å²) in [4.78, 5) is 24.2. The number of rotatable bonds is 6. The van der Waals surface area contributed by atoms with Gasteiger partial charge >= 0.3 is 6.18 Å². The molecular weight excluding hydrogens is 495 g/mol. The minimum Gasteiger partial charge on any atom is -0.362 e. The Morgan fingerprint density at radius 1 is 0.947 bits per heavy atom. The van der Waals surface area contributed by atoms with E-state index in [2.05, 4.69) is 25.7 Å². The Morgan fingerprint density at radius 2 is 1.61 bits per heavy atom. The molecule has 5 rings (SSSR count). The zero-order chi connectivity index (χ0) is 26.9. The number of anilines is 2. The summed E-state index contributed by atoms with van der Waals surface area (Å²) in [5.41, 5.74) is -0.492. The van der Waals surface area contributed by atoms with Gasteiger partial charge in [-0.2, -0.15) is 23.3 Å². The second-order valence-electron chi connectivity index (χ2n) is 9.60. The molecule has 2 aromatic heterocycles. The first-order valence-electron chi connectivity index (χ1n) is 12.4. The number of nitrogens with zero attached hydrogens (tertiary/aromatic N) is 5. The van der Waals surface area contributed by atoms with Crippen molar-refractivity contribution in [1.82, 2.24) is 25.1 Å². The molecule has 1 fully saturated rings. The molecule has 8 nitrogen and oxygen atoms in total. The van der Waals surface area contributed by atoms with Gasteiger partial charge in [0, 0.05) is 31.6 Å². The predicted molar refractivity (Wildman–Crippen MR) is 140 cm³/mol. The first kappa shape index (κ1) is 25.5. The summed E-state index contributed by atoms with van der Waals surface area (Å²) in [5, 5.41) is 11.0. The van der Waals surface area contributed by atoms with Crippen molar-refractivity contribution >= 4 is 28.6 Å². The summed E-state index contributed by atoms with van der Waals surface area (Å²) < 4.78 is 42.6. The van der Waals surface area contributed by atoms with Crippen LogP contribution in [0.3, 0.4) is 0 Å². The van der Waals surface area contributed by atoms with Crippen LogP contribution in [0.25, 0.3) is 16.6 Å². The van der Waals surface area contributed by atoms with Gasteiger partial charge in [-0.1, -0.05) is 30.3 Å². The molecule has 0 aliphatic heterocycles. The molecule has 0 unspecified atom stereocenters. The first-order chi connectivity index (χ1) is 18.2. The number of aromatic nitrogens is 4. The van der Waals surface area contributed by atoms with Gasteiger partial charge in [-0.3, -0.25) is 4.79 Å². The highest BCUT2D eigenvalue weighted by Gasteiger charge is 2.41. The smallest absolute Gasteiger partial charge is 0.362 e. The molecule has 1 amide bonds. The SMILES string of the molecule is CN(C)c1nc(NC2CCC(NC(=O)c3cnn(-c4ccccc4)c3C(F)(F)F)CC2)nc2ccccc12. The fourth-order valence-corrected chi connectivity index (χ4v) is 4.85. The fraction of sp³-hybridized carbons (Fsp3) is 0.333. The molecule has 1 aliphatic rings. The third-order valence-corrected chi connectivity index (χ3v) is 6.69. The molecule has 2 heterocycles. The molecule has 4 aromatic rings. The average Bonchev–Trinajstić information content (AvgIpc) is 3.36. The lowest BCUT2D eigenvalue weighted by Gasteiger charge is -2.30. The number of benzene rings is 2. The summed E-state index contributed by atoms with van der Waals surface area (Å²) in [7, 11) is 3.86. The second kappa shape index (κ2) is 10.3. The van der Waals surface area contributed by atoms with Crippen LogP contribution in [0.4, 0.5) is 24.9 Å². The van der Waals surface area contributed by atoms with E-state index in [0.29, 0.717) is 31.6 Å². The standard InChI is InChI=1S/C27H28F3N7O/c1-36(2)24-20-10-6-7-11-22(20)34-26(35-24)33-18-14-12-17(13-15-18)32-25(38)21-16-31-37(23(21)27(28,29)30)19-8-4-3-5-9-19/h3-11,16-18H,12-15H2,1-2H3,(H,32,38)(H,33,34,35). The molecule has 0 spiro atoms. The van der Waals surface area contributed by atoms with Crippen molar-refractivity contribution in [2.75, 3.05) is 24.3 Å². The lowest BCUT2D eigenvalue weighted by molar-refractivity contribution is -0.143. The van der Waals surface area contributed by atoms with Crippen LogP contribution in [-0.4, -0.2) is 51.8 Å². The number of nitrogens with one attached hydrogen (secondary N) is 2. The van der Waals surface area contributed by atoms with E-state index in [-0.39, 0.29) is 17.8 Å². The highest BCUT2D eigenvalue weighted by atomic mass is 19.4. The molecule has 1 aliphatic carbocycles. The molecule has 0 atom stereocenters. The molecule has 0 bridgehead atoms. The van der Waals surface area contributed by atoms with Crippen LogP contribution in [0.15, 0.2) is 60.8 Å². The number of alkyl halides is 3. The van der Waals surface area contributed by atoms with Crippen molar-refractivity contribution in [3.63, 3.8) is 0 Å². The van der Waals surface area contributed by atoms with Crippen LogP contribution in [0, 0.1) is 0 Å². The summed E-state index contributed by atoms with van der Waals surface area (Å²) in [6.45, 7) is 0. The van der Waals surface area contributed by atoms with Crippen LogP contribution in [0.5, 0.6) is 0 Å². The van der Waals surface area contributed by atoms with Crippen LogP contribution in [-0.2, 0) is 6.18 Å². The van der Waals surface area contributed by atoms with Gasteiger partial charge in [-0.25, -0.2) is 9.67 Å². The van der Waals surface area contributed by atoms with Crippen molar-refractivity contribution in [2.24, 2.45) is 0 Å². The lowest BCUT2D eigenvalue weighted by atomic mass is 9.91. The molecule has 2 N–H and O–H groups in total. The van der Waals surface area contributed by atoms with Crippen molar-refractivity contribution in [2.45, 2.75) is 43.9 Å². The van der Waals surface area contributed by atoms with E-state index >= 15 is 0 Å². The Bertz CT molecular complexity index is 1430. The topological polar surface area (TPSA) is 88.0 Å². The number of halogens is 3. The summed E-state index contributed by atoms with van der Waals surface area (Å²) in [6, 6.07) is 15.6. The number of para-hydroxylation sites is 2. The first-order valence-corrected chi connectivity index (χ1v) is 12.4. The van der Waals surface area contributed by atoms with E-state index in [0.717, 1.165) is 27.6 Å². The number of hydrogen-bond donors (Lipinski definition) is 2. The minimum absolute atomic E-state index is 0.0888. The number of carbonyl (C=O) groups excluding carboxylic acids is 1. The van der Waals surface area contributed by atoms with Gasteiger partial charge in [0.25, 0.3) is 5.91 Å². The van der Waals surface area contributed by atoms with Crippen LogP contribution < -0.4 is 15.5 Å². The highest BCUT2D eigenvalue weighted by Crippen LogP contribution is 2.34. The maximum absolute atomic E-state index is 13.9. The Kier molecular flexibility index (Phi) is 6.92. The minimum atomic E-state index is -4.74. The van der Waals surface area contributed by atoms with E-state index in [9.17, 15) is 18.0 Å². The Morgan fingerprint density at radius 3 is 2.29 bits per heavy atom. The zero-order valence-electron chi connectivity index (χ0n) is 21.0. The van der Waals surface area contributed by atoms with Gasteiger partial charge in [0.1, 0.15) is 5.82 Å². The van der Waals surface area contributed by atoms with Crippen LogP contribution in [0.2, 0.25) is 0 Å². The average molecular weight is 524 g/mol. The predicted octanol–water partition coefficient (Wildman–Crippen LogP) is 5.05. The maximum atomic E-state index is 13.9. The Labute approximate surface area is 217 Å². The maximum Gasteiger partial charge on any atom is 0.434 e. The number of fused-ring (bicyclic) bond motifs is 1. The van der Waals surface area contributed by atoms with Gasteiger partial charge in [-0.15, -0.1) is 0 Å². The van der Waals surface area contributed by atoms with Crippen molar-refractivity contribution in [1.29, 1.82) is 0 Å². The number of hydrogen-bond acceptors (Lipinski definition) is 6. The Balaban J connectivity index is 1.25. The molecule has 2 aromatic carbocycles. The number of amides is 1. The second-order valence-corrected chi connectivity index (χ2v) is 9.60. The molecule has 38 heavy (non-hydrogen) atoms. The van der Waals surface area contributed by atoms with Gasteiger partial charge in [0.2, 0.25) is 5.95 Å². The number of carbonyl (C=O) groups is 1. The monoisotopic (exact) mass is 523 g/mol. The highest BCUT2D eigenvalue weighted by molar-refractivity contribution is 5.95. The Hall–Kier alpha value is -4.15. The zero-order valence-corrected chi connectivity index (χ0v) is 21.0. The quantitative estimate of drug-likeness (QED) is 0.368. The third-order valence-electron chi connectivity index (χ3n) is 6.69. The van der Waals surface area contributed by atoms with Crippen molar-refractivity contribution < 1.29 is 18.0 Å².